The molecule has 0 aromatic heterocycles. The molecule has 0 aromatic rings. The molecule has 15 heavy (non-hydrogen) atoms. The Hall–Kier alpha value is -0.360. The van der Waals surface area contributed by atoms with E-state index in [-0.39, 0.29) is 15.6 Å². The van der Waals surface area contributed by atoms with Crippen LogP contribution in [0, 0.1) is 0 Å². The Labute approximate surface area is 96.8 Å². The van der Waals surface area contributed by atoms with Crippen LogP contribution in [0.3, 0.4) is 0 Å². The maximum Gasteiger partial charge on any atom is 0.313 e. The number of hydrogen-bond acceptors (Lipinski definition) is 4. The Morgan fingerprint density at radius 1 is 1.00 bits per heavy atom. The normalized spacial score (nSPS) is 18.9. The minimum atomic E-state index is -0.831. The molecule has 86 valence electrons. The second-order valence-electron chi connectivity index (χ2n) is 3.48. The zero-order valence-electron chi connectivity index (χ0n) is 8.27. The third-order valence-corrected chi connectivity index (χ3v) is 5.64. The number of carboxylic acids is 2. The Kier molecular flexibility index (Phi) is 4.79. The Morgan fingerprint density at radius 2 is 1.40 bits per heavy atom. The zero-order chi connectivity index (χ0) is 11.3. The molecule has 1 rings (SSSR count). The second kappa shape index (κ2) is 5.65. The van der Waals surface area contributed by atoms with Gasteiger partial charge in [0.05, 0.1) is 15.6 Å². The van der Waals surface area contributed by atoms with Crippen molar-refractivity contribution in [3.05, 3.63) is 0 Å². The average Bonchev–Trinajstić information content (AvgIpc) is 2.61. The predicted molar refractivity (Wildman–Crippen MR) is 61.4 cm³/mol. The van der Waals surface area contributed by atoms with Crippen LogP contribution in [0.15, 0.2) is 0 Å². The summed E-state index contributed by atoms with van der Waals surface area (Å²) in [5, 5.41) is 17.2. The van der Waals surface area contributed by atoms with E-state index in [4.69, 9.17) is 10.2 Å². The van der Waals surface area contributed by atoms with Crippen molar-refractivity contribution >= 4 is 35.5 Å². The average molecular weight is 250 g/mol. The summed E-state index contributed by atoms with van der Waals surface area (Å²) in [5.74, 6) is -1.54. The summed E-state index contributed by atoms with van der Waals surface area (Å²) in [4.78, 5) is 21.0. The topological polar surface area (TPSA) is 74.6 Å². The molecule has 0 atom stereocenters. The van der Waals surface area contributed by atoms with E-state index >= 15 is 0 Å². The lowest BCUT2D eigenvalue weighted by atomic mass is 10.4. The summed E-state index contributed by atoms with van der Waals surface area (Å²) in [7, 11) is 0. The van der Waals surface area contributed by atoms with Crippen molar-refractivity contribution in [1.29, 1.82) is 0 Å². The minimum absolute atomic E-state index is 0.0621. The number of thioether (sulfide) groups is 2. The van der Waals surface area contributed by atoms with Gasteiger partial charge in [-0.15, -0.1) is 23.5 Å². The molecular formula is C9H14O4S2. The van der Waals surface area contributed by atoms with Gasteiger partial charge in [0.25, 0.3) is 0 Å². The van der Waals surface area contributed by atoms with E-state index in [1.165, 1.54) is 23.5 Å². The van der Waals surface area contributed by atoms with Gasteiger partial charge in [-0.3, -0.25) is 9.59 Å². The molecule has 0 unspecified atom stereocenters. The molecule has 0 radical (unpaired) electrons. The van der Waals surface area contributed by atoms with E-state index in [2.05, 4.69) is 0 Å². The largest absolute Gasteiger partial charge is 0.481 e. The number of aliphatic carboxylic acids is 2. The van der Waals surface area contributed by atoms with Gasteiger partial charge in [-0.25, -0.2) is 0 Å². The van der Waals surface area contributed by atoms with Crippen LogP contribution in [-0.2, 0) is 9.59 Å². The molecule has 0 heterocycles. The lowest BCUT2D eigenvalue weighted by Gasteiger charge is -2.26. The monoisotopic (exact) mass is 250 g/mol. The molecule has 0 bridgehead atoms. The predicted octanol–water partition coefficient (Wildman–Crippen LogP) is 1.89. The first-order chi connectivity index (χ1) is 7.04. The molecule has 4 nitrogen and oxygen atoms in total. The van der Waals surface area contributed by atoms with Gasteiger partial charge in [-0.05, 0) is 12.8 Å². The molecule has 6 heteroatoms. The van der Waals surface area contributed by atoms with Crippen LogP contribution < -0.4 is 0 Å². The third kappa shape index (κ3) is 4.34. The summed E-state index contributed by atoms with van der Waals surface area (Å²) in [6.07, 6.45) is 3.98. The lowest BCUT2D eigenvalue weighted by Crippen LogP contribution is -2.20. The maximum atomic E-state index is 10.5. The van der Waals surface area contributed by atoms with Gasteiger partial charge in [-0.2, -0.15) is 0 Å². The maximum absolute atomic E-state index is 10.5. The molecular weight excluding hydrogens is 236 g/mol. The van der Waals surface area contributed by atoms with Crippen molar-refractivity contribution in [3.8, 4) is 0 Å². The van der Waals surface area contributed by atoms with Crippen LogP contribution in [0.5, 0.6) is 0 Å². The van der Waals surface area contributed by atoms with E-state index in [1.54, 1.807) is 0 Å². The van der Waals surface area contributed by atoms with Crippen molar-refractivity contribution < 1.29 is 19.8 Å². The first-order valence-electron chi connectivity index (χ1n) is 4.76. The van der Waals surface area contributed by atoms with Gasteiger partial charge in [0.2, 0.25) is 0 Å². The van der Waals surface area contributed by atoms with Crippen molar-refractivity contribution in [2.75, 3.05) is 11.5 Å². The van der Waals surface area contributed by atoms with E-state index in [0.29, 0.717) is 0 Å². The molecule has 0 amide bonds. The highest BCUT2D eigenvalue weighted by atomic mass is 32.2. The van der Waals surface area contributed by atoms with Crippen molar-refractivity contribution in [1.82, 2.24) is 0 Å². The standard InChI is InChI=1S/C9H14O4S2/c10-7(11)5-14-9(3-1-2-4-9)15-6-8(12)13/h1-6H2,(H,10,11)(H,12,13). The number of carboxylic acid groups (broad SMARTS) is 2. The summed E-state index contributed by atoms with van der Waals surface area (Å²) in [6, 6.07) is 0. The Bertz CT molecular complexity index is 228. The van der Waals surface area contributed by atoms with Gasteiger partial charge < -0.3 is 10.2 Å². The molecule has 2 N–H and O–H groups in total. The zero-order valence-corrected chi connectivity index (χ0v) is 9.90. The highest BCUT2D eigenvalue weighted by molar-refractivity contribution is 8.18. The van der Waals surface area contributed by atoms with Crippen molar-refractivity contribution in [2.24, 2.45) is 0 Å². The highest BCUT2D eigenvalue weighted by Crippen LogP contribution is 2.49. The van der Waals surface area contributed by atoms with Gasteiger partial charge >= 0.3 is 11.9 Å². The first-order valence-corrected chi connectivity index (χ1v) is 6.73. The van der Waals surface area contributed by atoms with Crippen molar-refractivity contribution in [3.63, 3.8) is 0 Å². The number of rotatable bonds is 6. The summed E-state index contributed by atoms with van der Waals surface area (Å²) in [5.41, 5.74) is 0. The lowest BCUT2D eigenvalue weighted by molar-refractivity contribution is -0.134. The molecule has 1 aliphatic carbocycles. The van der Waals surface area contributed by atoms with Gasteiger partial charge in [0.1, 0.15) is 0 Å². The van der Waals surface area contributed by atoms with E-state index in [9.17, 15) is 9.59 Å². The Balaban J connectivity index is 2.46. The van der Waals surface area contributed by atoms with E-state index in [0.717, 1.165) is 25.7 Å². The van der Waals surface area contributed by atoms with Gasteiger partial charge in [-0.1, -0.05) is 12.8 Å². The van der Waals surface area contributed by atoms with E-state index in [1.807, 2.05) is 0 Å². The van der Waals surface area contributed by atoms with E-state index < -0.39 is 11.9 Å². The second-order valence-corrected chi connectivity index (χ2v) is 6.46. The van der Waals surface area contributed by atoms with Gasteiger partial charge in [0.15, 0.2) is 0 Å². The minimum Gasteiger partial charge on any atom is -0.481 e. The fraction of sp³-hybridized carbons (Fsp3) is 0.778. The van der Waals surface area contributed by atoms with Crippen LogP contribution in [0.2, 0.25) is 0 Å². The third-order valence-electron chi connectivity index (χ3n) is 2.28. The smallest absolute Gasteiger partial charge is 0.313 e. The van der Waals surface area contributed by atoms with Crippen LogP contribution in [-0.4, -0.2) is 37.7 Å². The molecule has 0 aromatic carbocycles. The molecule has 0 spiro atoms. The molecule has 1 saturated carbocycles. The fourth-order valence-electron chi connectivity index (χ4n) is 1.63. The summed E-state index contributed by atoms with van der Waals surface area (Å²) in [6.45, 7) is 0. The molecule has 1 fully saturated rings. The fourth-order valence-corrected chi connectivity index (χ4v) is 4.25. The van der Waals surface area contributed by atoms with Crippen LogP contribution in [0.1, 0.15) is 25.7 Å². The first kappa shape index (κ1) is 12.7. The van der Waals surface area contributed by atoms with Crippen LogP contribution >= 0.6 is 23.5 Å². The molecule has 1 aliphatic rings. The number of hydrogen-bond donors (Lipinski definition) is 2. The summed E-state index contributed by atoms with van der Waals surface area (Å²) >= 11 is 2.76. The summed E-state index contributed by atoms with van der Waals surface area (Å²) < 4.78 is -0.170. The highest BCUT2D eigenvalue weighted by Gasteiger charge is 2.35. The SMILES string of the molecule is O=C(O)CSC1(SCC(=O)O)CCCC1. The number of carbonyl (C=O) groups is 2. The molecule has 0 aliphatic heterocycles. The quantitative estimate of drug-likeness (QED) is 0.701. The van der Waals surface area contributed by atoms with Crippen molar-refractivity contribution in [2.45, 2.75) is 29.8 Å². The van der Waals surface area contributed by atoms with Crippen LogP contribution in [0.25, 0.3) is 0 Å². The molecule has 0 saturated heterocycles. The Morgan fingerprint density at radius 3 is 1.73 bits per heavy atom. The van der Waals surface area contributed by atoms with Crippen LogP contribution in [0.4, 0.5) is 0 Å². The van der Waals surface area contributed by atoms with Gasteiger partial charge in [0, 0.05) is 0 Å².